The van der Waals surface area contributed by atoms with E-state index in [0.717, 1.165) is 45.0 Å². The number of hydrogen-bond donors (Lipinski definition) is 0. The lowest BCUT2D eigenvalue weighted by Gasteiger charge is -2.45. The summed E-state index contributed by atoms with van der Waals surface area (Å²) in [5.74, 6) is 2.32. The molecular weight excluding hydrogens is 442 g/mol. The van der Waals surface area contributed by atoms with Gasteiger partial charge in [-0.15, -0.1) is 0 Å². The minimum absolute atomic E-state index is 0.0914. The molecule has 34 heavy (non-hydrogen) atoms. The van der Waals surface area contributed by atoms with Crippen molar-refractivity contribution in [3.8, 4) is 33.9 Å². The van der Waals surface area contributed by atoms with Gasteiger partial charge in [-0.2, -0.15) is 10.2 Å². The number of fused-ring (bicyclic) bond motifs is 1. The SMILES string of the molecule is CC(C)(C)S(C)(C)n1cc(-c2cnco2)c2cc(-c3ccccc3Oc3ccccc3)cnc21. The molecule has 0 saturated heterocycles. The first-order valence-electron chi connectivity index (χ1n) is 11.2. The minimum Gasteiger partial charge on any atom is -0.457 e. The number of oxazole rings is 1. The number of benzene rings is 2. The molecule has 0 unspecified atom stereocenters. The van der Waals surface area contributed by atoms with Gasteiger partial charge >= 0.3 is 0 Å². The molecule has 0 aliphatic rings. The van der Waals surface area contributed by atoms with Gasteiger partial charge < -0.3 is 9.15 Å². The molecule has 0 aliphatic heterocycles. The molecular formula is C28H29N3O2S. The van der Waals surface area contributed by atoms with E-state index in [9.17, 15) is 0 Å². The first kappa shape index (κ1) is 22.3. The van der Waals surface area contributed by atoms with Gasteiger partial charge in [-0.1, -0.05) is 57.2 Å². The molecule has 0 atom stereocenters. The normalized spacial score (nSPS) is 12.7. The molecule has 3 heterocycles. The van der Waals surface area contributed by atoms with E-state index in [2.05, 4.69) is 60.6 Å². The Bertz CT molecular complexity index is 1430. The Hall–Kier alpha value is -3.51. The topological polar surface area (TPSA) is 53.1 Å². The molecule has 0 aliphatic carbocycles. The first-order valence-corrected chi connectivity index (χ1v) is 13.6. The average molecular weight is 472 g/mol. The highest BCUT2D eigenvalue weighted by Crippen LogP contribution is 2.56. The second-order valence-electron chi connectivity index (χ2n) is 9.63. The molecule has 0 amide bonds. The fraction of sp³-hybridized carbons (Fsp3) is 0.214. The van der Waals surface area contributed by atoms with Gasteiger partial charge in [0.2, 0.25) is 0 Å². The van der Waals surface area contributed by atoms with Crippen LogP contribution in [0.2, 0.25) is 0 Å². The standard InChI is InChI=1S/C28H29N3O2S/c1-28(2,3)34(4,5)31-18-24(26-17-29-19-32-26)23-15-20(16-30-27(23)31)22-13-9-10-14-25(22)33-21-11-7-6-8-12-21/h6-19H,1-5H3. The second-order valence-corrected chi connectivity index (χ2v) is 13.8. The number of aromatic nitrogens is 3. The summed E-state index contributed by atoms with van der Waals surface area (Å²) in [6, 6.07) is 20.1. The van der Waals surface area contributed by atoms with Crippen LogP contribution in [-0.4, -0.2) is 31.2 Å². The van der Waals surface area contributed by atoms with Crippen LogP contribution in [0.4, 0.5) is 0 Å². The van der Waals surface area contributed by atoms with Crippen molar-refractivity contribution in [2.75, 3.05) is 12.5 Å². The largest absolute Gasteiger partial charge is 0.457 e. The smallest absolute Gasteiger partial charge is 0.181 e. The third kappa shape index (κ3) is 3.88. The van der Waals surface area contributed by atoms with Gasteiger partial charge in [-0.3, -0.25) is 3.97 Å². The minimum atomic E-state index is -1.23. The van der Waals surface area contributed by atoms with Gasteiger partial charge in [0.15, 0.2) is 12.2 Å². The van der Waals surface area contributed by atoms with Crippen LogP contribution in [0, 0.1) is 0 Å². The molecule has 0 radical (unpaired) electrons. The van der Waals surface area contributed by atoms with E-state index in [-0.39, 0.29) is 4.75 Å². The zero-order valence-corrected chi connectivity index (χ0v) is 21.0. The zero-order valence-electron chi connectivity index (χ0n) is 20.1. The highest BCUT2D eigenvalue weighted by Gasteiger charge is 2.32. The lowest BCUT2D eigenvalue weighted by Crippen LogP contribution is -2.28. The predicted octanol–water partition coefficient (Wildman–Crippen LogP) is 7.78. The van der Waals surface area contributed by atoms with Crippen LogP contribution in [0.3, 0.4) is 0 Å². The van der Waals surface area contributed by atoms with Crippen molar-refractivity contribution in [3.05, 3.63) is 85.6 Å². The summed E-state index contributed by atoms with van der Waals surface area (Å²) in [6.07, 6.45) is 12.0. The molecule has 0 N–H and O–H groups in total. The van der Waals surface area contributed by atoms with Gasteiger partial charge in [0, 0.05) is 39.2 Å². The third-order valence-electron chi connectivity index (χ3n) is 6.47. The molecule has 0 bridgehead atoms. The van der Waals surface area contributed by atoms with Crippen molar-refractivity contribution in [3.63, 3.8) is 0 Å². The van der Waals surface area contributed by atoms with Crippen LogP contribution in [-0.2, 0) is 0 Å². The monoisotopic (exact) mass is 471 g/mol. The van der Waals surface area contributed by atoms with Gasteiger partial charge in [-0.25, -0.2) is 9.97 Å². The highest BCUT2D eigenvalue weighted by molar-refractivity contribution is 8.32. The maximum Gasteiger partial charge on any atom is 0.181 e. The molecule has 0 spiro atoms. The molecule has 0 saturated carbocycles. The number of rotatable bonds is 5. The van der Waals surface area contributed by atoms with Crippen molar-refractivity contribution in [1.29, 1.82) is 0 Å². The zero-order chi connectivity index (χ0) is 23.9. The number of pyridine rings is 1. The van der Waals surface area contributed by atoms with Crippen molar-refractivity contribution >= 4 is 21.2 Å². The summed E-state index contributed by atoms with van der Waals surface area (Å²) in [6.45, 7) is 6.86. The van der Waals surface area contributed by atoms with Gasteiger partial charge in [0.05, 0.1) is 6.20 Å². The first-order chi connectivity index (χ1) is 16.3. The molecule has 3 aromatic heterocycles. The summed E-state index contributed by atoms with van der Waals surface area (Å²) in [4.78, 5) is 9.14. The molecule has 174 valence electrons. The van der Waals surface area contributed by atoms with Crippen LogP contribution < -0.4 is 4.74 Å². The number of hydrogen-bond acceptors (Lipinski definition) is 4. The summed E-state index contributed by atoms with van der Waals surface area (Å²) >= 11 is 0. The van der Waals surface area contributed by atoms with Crippen LogP contribution in [0.15, 0.2) is 90.1 Å². The summed E-state index contributed by atoms with van der Waals surface area (Å²) in [5, 5.41) is 1.04. The molecule has 6 heteroatoms. The Morgan fingerprint density at radius 1 is 0.912 bits per heavy atom. The number of para-hydroxylation sites is 2. The van der Waals surface area contributed by atoms with E-state index in [4.69, 9.17) is 14.1 Å². The molecule has 5 rings (SSSR count). The lowest BCUT2D eigenvalue weighted by atomic mass is 10.0. The van der Waals surface area contributed by atoms with Crippen molar-refractivity contribution in [1.82, 2.24) is 13.9 Å². The third-order valence-corrected chi connectivity index (χ3v) is 10.7. The van der Waals surface area contributed by atoms with E-state index in [1.165, 1.54) is 6.39 Å². The molecule has 5 nitrogen and oxygen atoms in total. The van der Waals surface area contributed by atoms with Gasteiger partial charge in [0.25, 0.3) is 0 Å². The fourth-order valence-electron chi connectivity index (χ4n) is 3.82. The highest BCUT2D eigenvalue weighted by atomic mass is 32.3. The number of ether oxygens (including phenoxy) is 1. The van der Waals surface area contributed by atoms with E-state index < -0.39 is 10.2 Å². The van der Waals surface area contributed by atoms with E-state index >= 15 is 0 Å². The Labute approximate surface area is 201 Å². The molecule has 5 aromatic rings. The van der Waals surface area contributed by atoms with Crippen LogP contribution in [0.5, 0.6) is 11.5 Å². The maximum absolute atomic E-state index is 6.23. The van der Waals surface area contributed by atoms with Crippen LogP contribution >= 0.6 is 10.2 Å². The summed E-state index contributed by atoms with van der Waals surface area (Å²) in [5.41, 5.74) is 3.92. The molecule has 2 aromatic carbocycles. The second kappa shape index (κ2) is 8.37. The van der Waals surface area contributed by atoms with E-state index in [1.807, 2.05) is 54.7 Å². The van der Waals surface area contributed by atoms with E-state index in [1.54, 1.807) is 6.20 Å². The van der Waals surface area contributed by atoms with Crippen molar-refractivity contribution in [2.24, 2.45) is 0 Å². The van der Waals surface area contributed by atoms with Gasteiger partial charge in [0.1, 0.15) is 17.1 Å². The van der Waals surface area contributed by atoms with Crippen molar-refractivity contribution < 1.29 is 9.15 Å². The Morgan fingerprint density at radius 2 is 1.65 bits per heavy atom. The average Bonchev–Trinajstić information content (AvgIpc) is 3.47. The lowest BCUT2D eigenvalue weighted by molar-refractivity contribution is 0.484. The van der Waals surface area contributed by atoms with Crippen LogP contribution in [0.1, 0.15) is 20.8 Å². The predicted molar refractivity (Wildman–Crippen MR) is 142 cm³/mol. The van der Waals surface area contributed by atoms with Crippen LogP contribution in [0.25, 0.3) is 33.5 Å². The van der Waals surface area contributed by atoms with E-state index in [0.29, 0.717) is 0 Å². The Morgan fingerprint density at radius 3 is 2.35 bits per heavy atom. The quantitative estimate of drug-likeness (QED) is 0.263. The summed E-state index contributed by atoms with van der Waals surface area (Å²) in [7, 11) is -1.23. The fourth-order valence-corrected chi connectivity index (χ4v) is 5.36. The Kier molecular flexibility index (Phi) is 5.48. The molecule has 0 fully saturated rings. The Balaban J connectivity index is 1.69. The summed E-state index contributed by atoms with van der Waals surface area (Å²) < 4.78 is 14.4. The maximum atomic E-state index is 6.23. The van der Waals surface area contributed by atoms with Gasteiger partial charge in [-0.05, 0) is 36.8 Å². The van der Waals surface area contributed by atoms with Crippen molar-refractivity contribution in [2.45, 2.75) is 25.5 Å². The number of nitrogens with zero attached hydrogens (tertiary/aromatic N) is 3.